The Bertz CT molecular complexity index is 128. The molecule has 0 unspecified atom stereocenters. The Morgan fingerprint density at radius 3 is 1.22 bits per heavy atom. The van der Waals surface area contributed by atoms with E-state index in [2.05, 4.69) is 0 Å². The Balaban J connectivity index is 4.40. The minimum atomic E-state index is -6.86. The Hall–Kier alpha value is -0.463. The van der Waals surface area contributed by atoms with Crippen molar-refractivity contribution in [1.82, 2.24) is 0 Å². The first-order valence-electron chi connectivity index (χ1n) is 1.63. The standard InChI is InChI=1S/C2F6Si/c3-1(4)2(5)9(6,7)8. The fraction of sp³-hybridized carbons (Fsp3) is 0. The maximum atomic E-state index is 11.1. The van der Waals surface area contributed by atoms with Crippen LogP contribution in [0.5, 0.6) is 0 Å². The molecule has 0 aromatic heterocycles. The fourth-order valence-corrected chi connectivity index (χ4v) is 0.321. The second-order valence-corrected chi connectivity index (χ2v) is 2.51. The van der Waals surface area contributed by atoms with Gasteiger partial charge in [-0.15, -0.1) is 0 Å². The van der Waals surface area contributed by atoms with Crippen LogP contribution in [0.25, 0.3) is 0 Å². The molecule has 7 heteroatoms. The fourth-order valence-electron chi connectivity index (χ4n) is 0.107. The third-order valence-electron chi connectivity index (χ3n) is 0.415. The van der Waals surface area contributed by atoms with Gasteiger partial charge in [0.2, 0.25) is 5.45 Å². The third kappa shape index (κ3) is 2.54. The van der Waals surface area contributed by atoms with Crippen molar-refractivity contribution in [2.45, 2.75) is 0 Å². The lowest BCUT2D eigenvalue weighted by Crippen LogP contribution is -2.16. The molecule has 0 atom stereocenters. The van der Waals surface area contributed by atoms with Gasteiger partial charge in [-0.1, -0.05) is 0 Å². The maximum absolute atomic E-state index is 11.1. The van der Waals surface area contributed by atoms with Gasteiger partial charge in [-0.3, -0.25) is 0 Å². The molecule has 0 rings (SSSR count). The predicted molar refractivity (Wildman–Crippen MR) is 19.4 cm³/mol. The molecule has 0 spiro atoms. The van der Waals surface area contributed by atoms with Gasteiger partial charge in [0.05, 0.1) is 0 Å². The Morgan fingerprint density at radius 2 is 1.22 bits per heavy atom. The van der Waals surface area contributed by atoms with Crippen molar-refractivity contribution in [3.05, 3.63) is 11.5 Å². The molecule has 0 aromatic rings. The van der Waals surface area contributed by atoms with E-state index in [-0.39, 0.29) is 0 Å². The zero-order chi connectivity index (χ0) is 7.65. The topological polar surface area (TPSA) is 0 Å². The first-order chi connectivity index (χ1) is 3.85. The molecule has 0 aliphatic carbocycles. The van der Waals surface area contributed by atoms with E-state index in [1.807, 2.05) is 0 Å². The molecule has 0 radical (unpaired) electrons. The minimum Gasteiger partial charge on any atom is -0.233 e. The summed E-state index contributed by atoms with van der Waals surface area (Å²) in [5, 5.41) is 0. The summed E-state index contributed by atoms with van der Waals surface area (Å²) in [6.45, 7) is 0. The monoisotopic (exact) mass is 166 g/mol. The van der Waals surface area contributed by atoms with Gasteiger partial charge in [-0.25, -0.2) is 16.7 Å². The first kappa shape index (κ1) is 8.54. The van der Waals surface area contributed by atoms with Gasteiger partial charge in [0.1, 0.15) is 0 Å². The van der Waals surface area contributed by atoms with Gasteiger partial charge in [0, 0.05) is 0 Å². The van der Waals surface area contributed by atoms with Crippen LogP contribution < -0.4 is 0 Å². The maximum Gasteiger partial charge on any atom is 0.689 e. The number of hydrogen-bond donors (Lipinski definition) is 0. The predicted octanol–water partition coefficient (Wildman–Crippen LogP) is 2.45. The van der Waals surface area contributed by atoms with Crippen molar-refractivity contribution >= 4 is 9.08 Å². The quantitative estimate of drug-likeness (QED) is 0.319. The summed E-state index contributed by atoms with van der Waals surface area (Å²) < 4.78 is 65.4. The average molecular weight is 166 g/mol. The molecule has 0 N–H and O–H groups in total. The Morgan fingerprint density at radius 1 is 0.889 bits per heavy atom. The van der Waals surface area contributed by atoms with E-state index in [9.17, 15) is 25.5 Å². The van der Waals surface area contributed by atoms with E-state index in [0.717, 1.165) is 0 Å². The van der Waals surface area contributed by atoms with Crippen molar-refractivity contribution in [2.75, 3.05) is 0 Å². The van der Waals surface area contributed by atoms with Crippen LogP contribution in [0.3, 0.4) is 0 Å². The SMILES string of the molecule is FC(F)=C(F)[Si](F)(F)F. The van der Waals surface area contributed by atoms with Crippen LogP contribution >= 0.6 is 0 Å². The lowest BCUT2D eigenvalue weighted by atomic mass is 11.1. The molecule has 0 amide bonds. The highest BCUT2D eigenvalue weighted by Crippen LogP contribution is 2.24. The van der Waals surface area contributed by atoms with E-state index in [1.165, 1.54) is 0 Å². The van der Waals surface area contributed by atoms with Gasteiger partial charge in [0.15, 0.2) is 0 Å². The van der Waals surface area contributed by atoms with Crippen molar-refractivity contribution in [2.24, 2.45) is 0 Å². The molecular weight excluding hydrogens is 166 g/mol. The largest absolute Gasteiger partial charge is 0.689 e. The molecule has 0 saturated carbocycles. The molecule has 0 aliphatic rings. The molecule has 0 aliphatic heterocycles. The summed E-state index contributed by atoms with van der Waals surface area (Å²) in [6.07, 6.45) is -3.28. The summed E-state index contributed by atoms with van der Waals surface area (Å²) >= 11 is 0. The van der Waals surface area contributed by atoms with Gasteiger partial charge >= 0.3 is 15.2 Å². The van der Waals surface area contributed by atoms with E-state index >= 15 is 0 Å². The molecule has 0 saturated heterocycles. The summed E-state index contributed by atoms with van der Waals surface area (Å²) in [4.78, 5) is 0. The van der Waals surface area contributed by atoms with Crippen LogP contribution in [0.1, 0.15) is 0 Å². The first-order valence-corrected chi connectivity index (χ1v) is 3.27. The Labute approximate surface area is 47.3 Å². The molecule has 9 heavy (non-hydrogen) atoms. The lowest BCUT2D eigenvalue weighted by molar-refractivity contribution is 0.365. The highest BCUT2D eigenvalue weighted by atomic mass is 28.5. The molecule has 0 fully saturated rings. The second kappa shape index (κ2) is 2.42. The van der Waals surface area contributed by atoms with E-state index in [4.69, 9.17) is 0 Å². The summed E-state index contributed by atoms with van der Waals surface area (Å²) in [7, 11) is -6.86. The van der Waals surface area contributed by atoms with Crippen molar-refractivity contribution in [1.29, 1.82) is 0 Å². The minimum absolute atomic E-state index is 3.19. The highest BCUT2D eigenvalue weighted by molar-refractivity contribution is 6.66. The van der Waals surface area contributed by atoms with E-state index in [1.54, 1.807) is 0 Å². The molecule has 0 nitrogen and oxygen atoms in total. The summed E-state index contributed by atoms with van der Waals surface area (Å²) in [5.41, 5.74) is -3.19. The average Bonchev–Trinajstić information content (AvgIpc) is 1.62. The van der Waals surface area contributed by atoms with Crippen LogP contribution in [-0.4, -0.2) is 9.08 Å². The van der Waals surface area contributed by atoms with Crippen LogP contribution in [0.15, 0.2) is 11.5 Å². The van der Waals surface area contributed by atoms with E-state index < -0.39 is 20.6 Å². The molecular formula is C2F6Si. The van der Waals surface area contributed by atoms with E-state index in [0.29, 0.717) is 0 Å². The van der Waals surface area contributed by atoms with Crippen LogP contribution in [0.2, 0.25) is 0 Å². The summed E-state index contributed by atoms with van der Waals surface area (Å²) in [6, 6.07) is 0. The highest BCUT2D eigenvalue weighted by Gasteiger charge is 2.47. The lowest BCUT2D eigenvalue weighted by Gasteiger charge is -1.94. The van der Waals surface area contributed by atoms with Crippen molar-refractivity contribution in [3.63, 3.8) is 0 Å². The number of rotatable bonds is 1. The van der Waals surface area contributed by atoms with Gasteiger partial charge in [-0.05, 0) is 0 Å². The summed E-state index contributed by atoms with van der Waals surface area (Å²) in [5.74, 6) is 0. The molecule has 0 bridgehead atoms. The van der Waals surface area contributed by atoms with Crippen LogP contribution in [-0.2, 0) is 0 Å². The van der Waals surface area contributed by atoms with Gasteiger partial charge in [0.25, 0.3) is 0 Å². The van der Waals surface area contributed by atoms with Gasteiger partial charge < -0.3 is 0 Å². The van der Waals surface area contributed by atoms with Crippen molar-refractivity contribution in [3.8, 4) is 0 Å². The zero-order valence-corrected chi connectivity index (χ0v) is 4.77. The molecule has 54 valence electrons. The third-order valence-corrected chi connectivity index (χ3v) is 1.10. The van der Waals surface area contributed by atoms with Crippen LogP contribution in [0, 0.1) is 0 Å². The van der Waals surface area contributed by atoms with Crippen LogP contribution in [0.4, 0.5) is 25.5 Å². The molecule has 0 heterocycles. The Kier molecular flexibility index (Phi) is 2.30. The van der Waals surface area contributed by atoms with Crippen molar-refractivity contribution < 1.29 is 25.5 Å². The van der Waals surface area contributed by atoms with Gasteiger partial charge in [-0.2, -0.15) is 8.78 Å². The second-order valence-electron chi connectivity index (χ2n) is 1.07. The zero-order valence-electron chi connectivity index (χ0n) is 3.77. The number of hydrogen-bond acceptors (Lipinski definition) is 0. The molecule has 0 aromatic carbocycles. The normalized spacial score (nSPS) is 11.3. The number of halogens is 6. The smallest absolute Gasteiger partial charge is 0.233 e.